The quantitative estimate of drug-likeness (QED) is 0.749. The third-order valence-electron chi connectivity index (χ3n) is 4.30. The fourth-order valence-corrected chi connectivity index (χ4v) is 2.97. The van der Waals surface area contributed by atoms with Gasteiger partial charge >= 0.3 is 5.97 Å². The van der Waals surface area contributed by atoms with Crippen molar-refractivity contribution in [3.8, 4) is 17.2 Å². The normalized spacial score (nSPS) is 10.3. The average Bonchev–Trinajstić information content (AvgIpc) is 2.66. The van der Waals surface area contributed by atoms with Crippen molar-refractivity contribution in [3.63, 3.8) is 0 Å². The van der Waals surface area contributed by atoms with Crippen LogP contribution < -0.4 is 14.2 Å². The van der Waals surface area contributed by atoms with Gasteiger partial charge in [0.2, 0.25) is 0 Å². The van der Waals surface area contributed by atoms with Crippen LogP contribution in [0.3, 0.4) is 0 Å². The van der Waals surface area contributed by atoms with E-state index in [0.717, 1.165) is 5.56 Å². The molecule has 0 bridgehead atoms. The molecule has 0 fully saturated rings. The molecule has 150 valence electrons. The van der Waals surface area contributed by atoms with Gasteiger partial charge in [0.05, 0.1) is 14.2 Å². The third kappa shape index (κ3) is 4.94. The van der Waals surface area contributed by atoms with Crippen molar-refractivity contribution < 1.29 is 28.9 Å². The highest BCUT2D eigenvalue weighted by atomic mass is 16.5. The molecule has 2 aromatic carbocycles. The van der Waals surface area contributed by atoms with Crippen LogP contribution in [0.15, 0.2) is 30.3 Å². The number of rotatable bonds is 8. The van der Waals surface area contributed by atoms with Gasteiger partial charge in [-0.05, 0) is 49.2 Å². The molecule has 0 aliphatic heterocycles. The standard InChI is InChI=1S/C21H25NO6/c1-13-8-16(9-14(2)20(13)28-12-19(23)24)21(25)22(3)11-15-6-7-17(26-4)10-18(15)27-5/h6-10H,11-12H2,1-5H3,(H,23,24). The first-order chi connectivity index (χ1) is 13.3. The molecule has 7 heteroatoms. The molecule has 0 aliphatic rings. The van der Waals surface area contributed by atoms with Gasteiger partial charge in [0.1, 0.15) is 17.2 Å². The Kier molecular flexibility index (Phi) is 6.87. The number of carboxylic acid groups (broad SMARTS) is 1. The number of amides is 1. The first-order valence-corrected chi connectivity index (χ1v) is 8.69. The zero-order valence-corrected chi connectivity index (χ0v) is 16.7. The number of carboxylic acids is 1. The first kappa shape index (κ1) is 21.1. The second-order valence-corrected chi connectivity index (χ2v) is 6.46. The summed E-state index contributed by atoms with van der Waals surface area (Å²) in [7, 11) is 4.87. The number of carbonyl (C=O) groups is 2. The highest BCUT2D eigenvalue weighted by molar-refractivity contribution is 5.94. The average molecular weight is 387 g/mol. The van der Waals surface area contributed by atoms with E-state index in [0.29, 0.717) is 40.5 Å². The van der Waals surface area contributed by atoms with E-state index in [1.54, 1.807) is 58.2 Å². The summed E-state index contributed by atoms with van der Waals surface area (Å²) >= 11 is 0. The van der Waals surface area contributed by atoms with Crippen molar-refractivity contribution >= 4 is 11.9 Å². The summed E-state index contributed by atoms with van der Waals surface area (Å²) in [5.74, 6) is 0.598. The minimum absolute atomic E-state index is 0.158. The van der Waals surface area contributed by atoms with Gasteiger partial charge in [0.25, 0.3) is 5.91 Å². The lowest BCUT2D eigenvalue weighted by atomic mass is 10.0. The summed E-state index contributed by atoms with van der Waals surface area (Å²) in [5, 5.41) is 8.78. The van der Waals surface area contributed by atoms with E-state index in [1.165, 1.54) is 0 Å². The maximum Gasteiger partial charge on any atom is 0.341 e. The van der Waals surface area contributed by atoms with Crippen molar-refractivity contribution in [2.45, 2.75) is 20.4 Å². The lowest BCUT2D eigenvalue weighted by molar-refractivity contribution is -0.139. The van der Waals surface area contributed by atoms with Crippen LogP contribution in [0, 0.1) is 13.8 Å². The molecule has 28 heavy (non-hydrogen) atoms. The van der Waals surface area contributed by atoms with Crippen molar-refractivity contribution in [1.29, 1.82) is 0 Å². The molecule has 0 heterocycles. The Labute approximate surface area is 164 Å². The minimum atomic E-state index is -1.05. The molecular weight excluding hydrogens is 362 g/mol. The largest absolute Gasteiger partial charge is 0.497 e. The Morgan fingerprint density at radius 1 is 1.04 bits per heavy atom. The minimum Gasteiger partial charge on any atom is -0.497 e. The predicted molar refractivity (Wildman–Crippen MR) is 104 cm³/mol. The summed E-state index contributed by atoms with van der Waals surface area (Å²) < 4.78 is 15.9. The van der Waals surface area contributed by atoms with Crippen LogP contribution in [-0.4, -0.2) is 49.8 Å². The third-order valence-corrected chi connectivity index (χ3v) is 4.30. The van der Waals surface area contributed by atoms with Crippen molar-refractivity contribution in [3.05, 3.63) is 52.6 Å². The highest BCUT2D eigenvalue weighted by Gasteiger charge is 2.17. The molecule has 0 unspecified atom stereocenters. The second-order valence-electron chi connectivity index (χ2n) is 6.46. The molecule has 0 radical (unpaired) electrons. The summed E-state index contributed by atoms with van der Waals surface area (Å²) in [5.41, 5.74) is 2.78. The molecular formula is C21H25NO6. The van der Waals surface area contributed by atoms with Gasteiger partial charge in [-0.25, -0.2) is 4.79 Å². The fraction of sp³-hybridized carbons (Fsp3) is 0.333. The summed E-state index contributed by atoms with van der Waals surface area (Å²) in [6, 6.07) is 8.86. The van der Waals surface area contributed by atoms with Crippen LogP contribution in [0.25, 0.3) is 0 Å². The van der Waals surface area contributed by atoms with E-state index in [1.807, 2.05) is 12.1 Å². The molecule has 0 aromatic heterocycles. The zero-order chi connectivity index (χ0) is 20.8. The van der Waals surface area contributed by atoms with Crippen molar-refractivity contribution in [2.24, 2.45) is 0 Å². The summed E-state index contributed by atoms with van der Waals surface area (Å²) in [6.45, 7) is 3.51. The Morgan fingerprint density at radius 2 is 1.68 bits per heavy atom. The Hall–Kier alpha value is -3.22. The van der Waals surface area contributed by atoms with Crippen molar-refractivity contribution in [2.75, 3.05) is 27.9 Å². The van der Waals surface area contributed by atoms with Crippen LogP contribution in [0.4, 0.5) is 0 Å². The number of carbonyl (C=O) groups excluding carboxylic acids is 1. The van der Waals surface area contributed by atoms with Crippen LogP contribution in [0.1, 0.15) is 27.0 Å². The molecule has 2 rings (SSSR count). The number of hydrogen-bond acceptors (Lipinski definition) is 5. The van der Waals surface area contributed by atoms with E-state index in [-0.39, 0.29) is 5.91 Å². The first-order valence-electron chi connectivity index (χ1n) is 8.69. The maximum atomic E-state index is 12.9. The molecule has 1 N–H and O–H groups in total. The SMILES string of the molecule is COc1ccc(CN(C)C(=O)c2cc(C)c(OCC(=O)O)c(C)c2)c(OC)c1. The van der Waals surface area contributed by atoms with E-state index in [9.17, 15) is 9.59 Å². The summed E-state index contributed by atoms with van der Waals surface area (Å²) in [6.07, 6.45) is 0. The number of methoxy groups -OCH3 is 2. The zero-order valence-electron chi connectivity index (χ0n) is 16.7. The summed E-state index contributed by atoms with van der Waals surface area (Å²) in [4.78, 5) is 25.2. The number of ether oxygens (including phenoxy) is 3. The monoisotopic (exact) mass is 387 g/mol. The van der Waals surface area contributed by atoms with Crippen LogP contribution in [0.2, 0.25) is 0 Å². The van der Waals surface area contributed by atoms with Gasteiger partial charge in [-0.3, -0.25) is 4.79 Å². The van der Waals surface area contributed by atoms with Crippen LogP contribution in [-0.2, 0) is 11.3 Å². The lowest BCUT2D eigenvalue weighted by Gasteiger charge is -2.20. The van der Waals surface area contributed by atoms with Gasteiger partial charge < -0.3 is 24.2 Å². The number of nitrogens with zero attached hydrogens (tertiary/aromatic N) is 1. The van der Waals surface area contributed by atoms with Gasteiger partial charge in [-0.2, -0.15) is 0 Å². The molecule has 0 atom stereocenters. The van der Waals surface area contributed by atoms with E-state index in [4.69, 9.17) is 19.3 Å². The van der Waals surface area contributed by atoms with E-state index >= 15 is 0 Å². The topological polar surface area (TPSA) is 85.3 Å². The predicted octanol–water partition coefficient (Wildman–Crippen LogP) is 3.06. The Bertz CT molecular complexity index is 854. The highest BCUT2D eigenvalue weighted by Crippen LogP contribution is 2.28. The molecule has 1 amide bonds. The van der Waals surface area contributed by atoms with E-state index < -0.39 is 12.6 Å². The van der Waals surface area contributed by atoms with Gasteiger partial charge in [0, 0.05) is 30.8 Å². The van der Waals surface area contributed by atoms with Gasteiger partial charge in [0.15, 0.2) is 6.61 Å². The van der Waals surface area contributed by atoms with Crippen molar-refractivity contribution in [1.82, 2.24) is 4.90 Å². The lowest BCUT2D eigenvalue weighted by Crippen LogP contribution is -2.26. The molecule has 0 aliphatic carbocycles. The molecule has 0 saturated heterocycles. The van der Waals surface area contributed by atoms with Crippen LogP contribution in [0.5, 0.6) is 17.2 Å². The number of benzene rings is 2. The second kappa shape index (κ2) is 9.12. The number of aryl methyl sites for hydroxylation is 2. The molecule has 0 saturated carbocycles. The molecule has 2 aromatic rings. The fourth-order valence-electron chi connectivity index (χ4n) is 2.97. The Balaban J connectivity index is 2.20. The molecule has 0 spiro atoms. The maximum absolute atomic E-state index is 12.9. The van der Waals surface area contributed by atoms with Gasteiger partial charge in [-0.15, -0.1) is 0 Å². The number of hydrogen-bond donors (Lipinski definition) is 1. The van der Waals surface area contributed by atoms with Gasteiger partial charge in [-0.1, -0.05) is 0 Å². The molecule has 7 nitrogen and oxygen atoms in total. The smallest absolute Gasteiger partial charge is 0.341 e. The Morgan fingerprint density at radius 3 is 2.21 bits per heavy atom. The van der Waals surface area contributed by atoms with Crippen LogP contribution >= 0.6 is 0 Å². The number of aliphatic carboxylic acids is 1. The van der Waals surface area contributed by atoms with E-state index in [2.05, 4.69) is 0 Å².